The quantitative estimate of drug-likeness (QED) is 0.757. The van der Waals surface area contributed by atoms with Crippen LogP contribution in [-0.2, 0) is 0 Å². The molecule has 1 atom stereocenters. The normalized spacial score (nSPS) is 13.1. The van der Waals surface area contributed by atoms with Crippen molar-refractivity contribution in [2.24, 2.45) is 5.73 Å². The van der Waals surface area contributed by atoms with E-state index >= 15 is 0 Å². The zero-order valence-corrected chi connectivity index (χ0v) is 10.6. The van der Waals surface area contributed by atoms with Gasteiger partial charge in [-0.25, -0.2) is 0 Å². The zero-order valence-electron chi connectivity index (χ0n) is 9.78. The Balaban J connectivity index is 2.13. The molecule has 0 fully saturated rings. The molecule has 0 radical (unpaired) electrons. The van der Waals surface area contributed by atoms with Crippen molar-refractivity contribution in [2.75, 3.05) is 0 Å². The van der Waals surface area contributed by atoms with Crippen molar-refractivity contribution in [2.45, 2.75) is 38.6 Å². The van der Waals surface area contributed by atoms with E-state index in [1.54, 1.807) is 11.3 Å². The summed E-state index contributed by atoms with van der Waals surface area (Å²) in [5, 5.41) is 3.57. The van der Waals surface area contributed by atoms with E-state index in [4.69, 9.17) is 5.73 Å². The summed E-state index contributed by atoms with van der Waals surface area (Å²) >= 11 is 1.80. The molecule has 0 aliphatic carbocycles. The van der Waals surface area contributed by atoms with E-state index in [-0.39, 0.29) is 6.04 Å². The summed E-state index contributed by atoms with van der Waals surface area (Å²) in [6, 6.07) is 8.74. The van der Waals surface area contributed by atoms with Crippen molar-refractivity contribution in [1.29, 1.82) is 0 Å². The molecule has 2 aromatic rings. The minimum Gasteiger partial charge on any atom is -0.324 e. The molecule has 2 heteroatoms. The highest BCUT2D eigenvalue weighted by atomic mass is 32.1. The van der Waals surface area contributed by atoms with Gasteiger partial charge in [-0.2, -0.15) is 0 Å². The van der Waals surface area contributed by atoms with Gasteiger partial charge in [-0.1, -0.05) is 44.4 Å². The number of unbranched alkanes of at least 4 members (excludes halogenated alkanes) is 2. The topological polar surface area (TPSA) is 26.0 Å². The van der Waals surface area contributed by atoms with Gasteiger partial charge in [0.25, 0.3) is 0 Å². The fourth-order valence-electron chi connectivity index (χ4n) is 2.06. The molecular weight excluding hydrogens is 214 g/mol. The van der Waals surface area contributed by atoms with Gasteiger partial charge < -0.3 is 5.73 Å². The van der Waals surface area contributed by atoms with Crippen molar-refractivity contribution in [3.05, 3.63) is 35.2 Å². The Morgan fingerprint density at radius 1 is 1.25 bits per heavy atom. The van der Waals surface area contributed by atoms with Crippen LogP contribution in [0.5, 0.6) is 0 Å². The van der Waals surface area contributed by atoms with E-state index in [1.807, 2.05) is 0 Å². The van der Waals surface area contributed by atoms with Crippen molar-refractivity contribution in [1.82, 2.24) is 0 Å². The van der Waals surface area contributed by atoms with Crippen LogP contribution in [0.4, 0.5) is 0 Å². The molecule has 86 valence electrons. The van der Waals surface area contributed by atoms with Crippen molar-refractivity contribution >= 4 is 21.4 Å². The molecule has 0 spiro atoms. The second-order valence-electron chi connectivity index (χ2n) is 4.29. The van der Waals surface area contributed by atoms with Crippen LogP contribution in [0.1, 0.15) is 44.2 Å². The summed E-state index contributed by atoms with van der Waals surface area (Å²) in [4.78, 5) is 0. The monoisotopic (exact) mass is 233 g/mol. The van der Waals surface area contributed by atoms with Crippen LogP contribution in [0, 0.1) is 0 Å². The second kappa shape index (κ2) is 5.46. The van der Waals surface area contributed by atoms with E-state index in [1.165, 1.54) is 34.9 Å². The van der Waals surface area contributed by atoms with Gasteiger partial charge in [-0.15, -0.1) is 11.3 Å². The molecule has 0 aliphatic rings. The summed E-state index contributed by atoms with van der Waals surface area (Å²) in [6.45, 7) is 2.23. The SMILES string of the molecule is CCCCC[C@@H](N)c1csc2ccccc12. The lowest BCUT2D eigenvalue weighted by Crippen LogP contribution is -2.09. The number of hydrogen-bond acceptors (Lipinski definition) is 2. The highest BCUT2D eigenvalue weighted by molar-refractivity contribution is 7.17. The first kappa shape index (κ1) is 11.6. The van der Waals surface area contributed by atoms with Crippen LogP contribution in [0.15, 0.2) is 29.6 Å². The van der Waals surface area contributed by atoms with Crippen LogP contribution in [0.3, 0.4) is 0 Å². The first-order valence-electron chi connectivity index (χ1n) is 6.04. The molecule has 0 bridgehead atoms. The van der Waals surface area contributed by atoms with Crippen LogP contribution < -0.4 is 5.73 Å². The highest BCUT2D eigenvalue weighted by Crippen LogP contribution is 2.31. The van der Waals surface area contributed by atoms with Crippen LogP contribution in [0.2, 0.25) is 0 Å². The largest absolute Gasteiger partial charge is 0.324 e. The number of thiophene rings is 1. The third-order valence-corrected chi connectivity index (χ3v) is 4.01. The summed E-state index contributed by atoms with van der Waals surface area (Å²) in [5.74, 6) is 0. The smallest absolute Gasteiger partial charge is 0.0346 e. The van der Waals surface area contributed by atoms with Gasteiger partial charge in [0.05, 0.1) is 0 Å². The van der Waals surface area contributed by atoms with E-state index in [0.29, 0.717) is 0 Å². The maximum atomic E-state index is 6.25. The third kappa shape index (κ3) is 2.45. The second-order valence-corrected chi connectivity index (χ2v) is 5.20. The predicted octanol–water partition coefficient (Wildman–Crippen LogP) is 4.48. The standard InChI is InChI=1S/C14H19NS/c1-2-3-4-8-13(15)12-10-16-14-9-6-5-7-11(12)14/h5-7,9-10,13H,2-4,8,15H2,1H3/t13-/m1/s1. The Morgan fingerprint density at radius 3 is 2.88 bits per heavy atom. The van der Waals surface area contributed by atoms with Crippen LogP contribution >= 0.6 is 11.3 Å². The fraction of sp³-hybridized carbons (Fsp3) is 0.429. The molecule has 1 aromatic heterocycles. The Kier molecular flexibility index (Phi) is 3.97. The van der Waals surface area contributed by atoms with Crippen LogP contribution in [0.25, 0.3) is 10.1 Å². The Morgan fingerprint density at radius 2 is 2.06 bits per heavy atom. The molecular formula is C14H19NS. The third-order valence-electron chi connectivity index (χ3n) is 3.03. The summed E-state index contributed by atoms with van der Waals surface area (Å²) in [7, 11) is 0. The minimum absolute atomic E-state index is 0.211. The number of hydrogen-bond donors (Lipinski definition) is 1. The molecule has 0 unspecified atom stereocenters. The van der Waals surface area contributed by atoms with Gasteiger partial charge in [-0.05, 0) is 28.8 Å². The Bertz CT molecular complexity index is 447. The van der Waals surface area contributed by atoms with Gasteiger partial charge in [0.15, 0.2) is 0 Å². The summed E-state index contributed by atoms with van der Waals surface area (Å²) in [6.07, 6.45) is 4.89. The summed E-state index contributed by atoms with van der Waals surface area (Å²) in [5.41, 5.74) is 7.58. The maximum Gasteiger partial charge on any atom is 0.0346 e. The molecule has 1 nitrogen and oxygen atoms in total. The fourth-order valence-corrected chi connectivity index (χ4v) is 3.08. The van der Waals surface area contributed by atoms with Crippen molar-refractivity contribution in [3.63, 3.8) is 0 Å². The zero-order chi connectivity index (χ0) is 11.4. The molecule has 0 saturated carbocycles. The molecule has 0 saturated heterocycles. The van der Waals surface area contributed by atoms with Crippen LogP contribution in [-0.4, -0.2) is 0 Å². The average Bonchev–Trinajstić information content (AvgIpc) is 2.73. The lowest BCUT2D eigenvalue weighted by Gasteiger charge is -2.10. The van der Waals surface area contributed by atoms with Gasteiger partial charge in [0.1, 0.15) is 0 Å². The molecule has 1 heterocycles. The lowest BCUT2D eigenvalue weighted by atomic mass is 10.0. The average molecular weight is 233 g/mol. The molecule has 0 amide bonds. The number of rotatable bonds is 5. The predicted molar refractivity (Wildman–Crippen MR) is 72.9 cm³/mol. The molecule has 16 heavy (non-hydrogen) atoms. The maximum absolute atomic E-state index is 6.25. The molecule has 2 rings (SSSR count). The van der Waals surface area contributed by atoms with E-state index in [0.717, 1.165) is 6.42 Å². The van der Waals surface area contributed by atoms with Gasteiger partial charge in [-0.3, -0.25) is 0 Å². The minimum atomic E-state index is 0.211. The van der Waals surface area contributed by atoms with Gasteiger partial charge >= 0.3 is 0 Å². The molecule has 1 aromatic carbocycles. The number of fused-ring (bicyclic) bond motifs is 1. The van der Waals surface area contributed by atoms with Crippen molar-refractivity contribution in [3.8, 4) is 0 Å². The highest BCUT2D eigenvalue weighted by Gasteiger charge is 2.10. The Hall–Kier alpha value is -0.860. The van der Waals surface area contributed by atoms with E-state index in [9.17, 15) is 0 Å². The van der Waals surface area contributed by atoms with E-state index < -0.39 is 0 Å². The molecule has 0 aliphatic heterocycles. The number of benzene rings is 1. The van der Waals surface area contributed by atoms with Gasteiger partial charge in [0, 0.05) is 10.7 Å². The van der Waals surface area contributed by atoms with E-state index in [2.05, 4.69) is 36.6 Å². The summed E-state index contributed by atoms with van der Waals surface area (Å²) < 4.78 is 1.35. The molecule has 2 N–H and O–H groups in total. The Labute approximate surface area is 101 Å². The first-order chi connectivity index (χ1) is 7.83. The number of nitrogens with two attached hydrogens (primary N) is 1. The van der Waals surface area contributed by atoms with Gasteiger partial charge in [0.2, 0.25) is 0 Å². The van der Waals surface area contributed by atoms with Crippen molar-refractivity contribution < 1.29 is 0 Å². The lowest BCUT2D eigenvalue weighted by molar-refractivity contribution is 0.585. The first-order valence-corrected chi connectivity index (χ1v) is 6.92.